The minimum Gasteiger partial charge on any atom is -0.457 e. The van der Waals surface area contributed by atoms with Crippen molar-refractivity contribution in [1.82, 2.24) is 14.5 Å². The van der Waals surface area contributed by atoms with Crippen LogP contribution in [0.2, 0.25) is 18.1 Å². The Balaban J connectivity index is 1.84. The number of benzene rings is 3. The average molecular weight is 788 g/mol. The number of ether oxygens (including phenoxy) is 1. The number of hydrogen-bond acceptors (Lipinski definition) is 8. The Morgan fingerprint density at radius 3 is 1.83 bits per heavy atom. The fourth-order valence-electron chi connectivity index (χ4n) is 6.86. The van der Waals surface area contributed by atoms with Gasteiger partial charge in [-0.05, 0) is 41.0 Å². The van der Waals surface area contributed by atoms with Crippen molar-refractivity contribution in [1.29, 1.82) is 0 Å². The van der Waals surface area contributed by atoms with Crippen LogP contribution in [-0.2, 0) is 35.6 Å². The van der Waals surface area contributed by atoms with E-state index in [1.54, 1.807) is 0 Å². The molecule has 0 unspecified atom stereocenters. The van der Waals surface area contributed by atoms with E-state index in [-0.39, 0.29) is 40.2 Å². The van der Waals surface area contributed by atoms with Crippen molar-refractivity contribution in [3.05, 3.63) is 116 Å². The average Bonchev–Trinajstić information content (AvgIpc) is 3.53. The summed E-state index contributed by atoms with van der Waals surface area (Å²) in [4.78, 5) is 49.9. The number of esters is 1. The van der Waals surface area contributed by atoms with Gasteiger partial charge in [0.05, 0.1) is 18.1 Å². The first-order valence-corrected chi connectivity index (χ1v) is 24.4. The summed E-state index contributed by atoms with van der Waals surface area (Å²) in [6.07, 6.45) is 3.01. The smallest absolute Gasteiger partial charge is 0.356 e. The van der Waals surface area contributed by atoms with Crippen LogP contribution in [0.25, 0.3) is 0 Å². The molecule has 13 heteroatoms. The van der Waals surface area contributed by atoms with E-state index >= 15 is 4.79 Å². The number of ketones is 1. The summed E-state index contributed by atoms with van der Waals surface area (Å²) in [7, 11) is -4.65. The second-order valence-corrected chi connectivity index (χ2v) is 25.2. The highest BCUT2D eigenvalue weighted by atomic mass is 32.2. The predicted molar refractivity (Wildman–Crippen MR) is 218 cm³/mol. The van der Waals surface area contributed by atoms with Crippen LogP contribution in [-0.4, -0.2) is 79.3 Å². The van der Waals surface area contributed by atoms with Gasteiger partial charge in [-0.25, -0.2) is 18.2 Å². The number of likely N-dealkylation sites (tertiary alicyclic amines) is 1. The number of aryl methyl sites for hydroxylation is 1. The maximum Gasteiger partial charge on any atom is 0.356 e. The summed E-state index contributed by atoms with van der Waals surface area (Å²) >= 11 is 0. The Morgan fingerprint density at radius 1 is 0.944 bits per heavy atom. The largest absolute Gasteiger partial charge is 0.457 e. The van der Waals surface area contributed by atoms with E-state index in [0.717, 1.165) is 22.2 Å². The number of Topliss-reactive ketones (excluding diaryl/α,β-unsaturated/α-hetero) is 1. The second kappa shape index (κ2) is 15.8. The molecule has 0 bridgehead atoms. The van der Waals surface area contributed by atoms with Gasteiger partial charge in [0.25, 0.3) is 0 Å². The van der Waals surface area contributed by atoms with Gasteiger partial charge >= 0.3 is 5.97 Å². The maximum absolute atomic E-state index is 15.0. The first kappa shape index (κ1) is 40.8. The minimum absolute atomic E-state index is 0.0556. The molecule has 1 aromatic heterocycles. The van der Waals surface area contributed by atoms with Crippen molar-refractivity contribution >= 4 is 64.0 Å². The molecular weight excluding hydrogens is 738 g/mol. The number of carbonyl (C=O) groups excluding carboxylic acids is 3. The molecule has 4 aromatic rings. The van der Waals surface area contributed by atoms with Gasteiger partial charge in [-0.3, -0.25) is 9.59 Å². The zero-order valence-corrected chi connectivity index (χ0v) is 34.9. The highest BCUT2D eigenvalue weighted by Gasteiger charge is 2.57. The summed E-state index contributed by atoms with van der Waals surface area (Å²) < 4.78 is 39.0. The fraction of sp³-hybridized carbons (Fsp3) is 0.341. The van der Waals surface area contributed by atoms with Gasteiger partial charge in [0.1, 0.15) is 17.7 Å². The Kier molecular flexibility index (Phi) is 11.9. The van der Waals surface area contributed by atoms with Crippen LogP contribution in [0.3, 0.4) is 0 Å². The van der Waals surface area contributed by atoms with Crippen molar-refractivity contribution in [2.24, 2.45) is 13.0 Å². The highest BCUT2D eigenvalue weighted by Crippen LogP contribution is 2.50. The van der Waals surface area contributed by atoms with Crippen LogP contribution in [0.15, 0.2) is 115 Å². The van der Waals surface area contributed by atoms with E-state index in [4.69, 9.17) is 9.16 Å². The van der Waals surface area contributed by atoms with E-state index in [9.17, 15) is 18.0 Å². The zero-order chi connectivity index (χ0) is 39.6. The topological polar surface area (TPSA) is 125 Å². The maximum atomic E-state index is 15.0. The molecule has 0 spiro atoms. The molecule has 54 heavy (non-hydrogen) atoms. The van der Waals surface area contributed by atoms with Gasteiger partial charge in [-0.1, -0.05) is 124 Å². The van der Waals surface area contributed by atoms with Gasteiger partial charge in [0.15, 0.2) is 14.1 Å². The first-order valence-electron chi connectivity index (χ1n) is 17.8. The van der Waals surface area contributed by atoms with Gasteiger partial charge in [0.2, 0.25) is 20.9 Å². The lowest BCUT2D eigenvalue weighted by molar-refractivity contribution is -0.156. The quantitative estimate of drug-likeness (QED) is 0.0411. The third-order valence-electron chi connectivity index (χ3n) is 10.4. The molecule has 0 saturated carbocycles. The van der Waals surface area contributed by atoms with Gasteiger partial charge in [-0.15, -0.1) is 0 Å². The molecule has 2 heterocycles. The normalized spacial score (nSPS) is 17.0. The van der Waals surface area contributed by atoms with Gasteiger partial charge in [-0.2, -0.15) is 0 Å². The summed E-state index contributed by atoms with van der Waals surface area (Å²) in [6.45, 7) is 12.8. The standard InChI is InChI=1S/C41H50N3O7PSSi/c1-10-26-50-39(47)38(52(30-20-14-11-15-21-30,31-22-16-12-17-23-31)32-24-18-13-19-25-32)44-34(27-35(45)33-28-43(6)40(42-33)53(7,48)49)36(37(44)46)29(2)51-54(8,9)41(3,4)5/h10-25,28-29,34,36H,1,26-27H2,2-9H3/t29-,34-,36-/m1/s1. The van der Waals surface area contributed by atoms with Crippen LogP contribution < -0.4 is 15.9 Å². The Labute approximate surface area is 320 Å². The van der Waals surface area contributed by atoms with E-state index in [0.29, 0.717) is 0 Å². The highest BCUT2D eigenvalue weighted by molar-refractivity contribution is 7.96. The van der Waals surface area contributed by atoms with Crippen LogP contribution in [0, 0.1) is 5.92 Å². The predicted octanol–water partition coefficient (Wildman–Crippen LogP) is 5.49. The molecule has 3 atom stereocenters. The third-order valence-corrected chi connectivity index (χ3v) is 20.3. The Hall–Kier alpha value is -4.35. The summed E-state index contributed by atoms with van der Waals surface area (Å²) in [6, 6.07) is 28.0. The van der Waals surface area contributed by atoms with Crippen LogP contribution >= 0.6 is 6.89 Å². The number of imidazole rings is 1. The number of β-lactam (4-membered cyclic amide) rings is 1. The molecule has 5 rings (SSSR count). The summed E-state index contributed by atoms with van der Waals surface area (Å²) in [5.74, 6) is -2.37. The van der Waals surface area contributed by atoms with Gasteiger partial charge < -0.3 is 18.6 Å². The Morgan fingerprint density at radius 2 is 1.43 bits per heavy atom. The number of sulfone groups is 1. The SMILES string of the molecule is C=CCOC(=O)C(N1C(=O)[C@H]([C@@H](C)O[Si](C)(C)C(C)(C)C)[C@H]1CC(=O)c1cn(C)c(S(C)(=O)=O)n1)=P(c1ccccc1)(c1ccccc1)c1ccccc1. The summed E-state index contributed by atoms with van der Waals surface area (Å²) in [5.41, 5.74) is 0.0735. The molecule has 1 fully saturated rings. The van der Waals surface area contributed by atoms with E-state index in [1.165, 1.54) is 28.8 Å². The van der Waals surface area contributed by atoms with Crippen LogP contribution in [0.1, 0.15) is 44.6 Å². The lowest BCUT2D eigenvalue weighted by Crippen LogP contribution is -2.69. The molecule has 0 aliphatic carbocycles. The number of nitrogens with zero attached hydrogens (tertiary/aromatic N) is 3. The number of hydrogen-bond donors (Lipinski definition) is 0. The van der Waals surface area contributed by atoms with E-state index < -0.39 is 54.9 Å². The molecule has 1 saturated heterocycles. The second-order valence-electron chi connectivity index (χ2n) is 15.2. The van der Waals surface area contributed by atoms with Crippen molar-refractivity contribution < 1.29 is 32.0 Å². The van der Waals surface area contributed by atoms with E-state index in [1.807, 2.05) is 97.9 Å². The van der Waals surface area contributed by atoms with Crippen LogP contribution in [0.5, 0.6) is 0 Å². The Bertz CT molecular complexity index is 2100. The third kappa shape index (κ3) is 7.75. The monoisotopic (exact) mass is 787 g/mol. The van der Waals surface area contributed by atoms with Crippen LogP contribution in [0.4, 0.5) is 0 Å². The fourth-order valence-corrected chi connectivity index (χ4v) is 13.5. The lowest BCUT2D eigenvalue weighted by Gasteiger charge is -2.52. The number of rotatable bonds is 14. The lowest BCUT2D eigenvalue weighted by atomic mass is 9.80. The number of amides is 1. The first-order chi connectivity index (χ1) is 25.4. The molecule has 0 N–H and O–H groups in total. The number of aromatic nitrogens is 2. The minimum atomic E-state index is -3.74. The van der Waals surface area contributed by atoms with Crippen molar-refractivity contribution in [2.75, 3.05) is 12.9 Å². The molecule has 1 aliphatic heterocycles. The molecule has 3 aromatic carbocycles. The summed E-state index contributed by atoms with van der Waals surface area (Å²) in [5, 5.41) is 2.00. The molecule has 0 radical (unpaired) electrons. The van der Waals surface area contributed by atoms with Crippen molar-refractivity contribution in [3.63, 3.8) is 0 Å². The number of carbonyl (C=O) groups is 3. The molecule has 10 nitrogen and oxygen atoms in total. The molecular formula is C41H50N3O7PSSi. The van der Waals surface area contributed by atoms with E-state index in [2.05, 4.69) is 45.4 Å². The van der Waals surface area contributed by atoms with Gasteiger partial charge in [0, 0.05) is 32.8 Å². The molecule has 1 aliphatic rings. The molecule has 286 valence electrons. The zero-order valence-electron chi connectivity index (χ0n) is 32.2. The van der Waals surface area contributed by atoms with Crippen molar-refractivity contribution in [2.45, 2.75) is 69.6 Å². The van der Waals surface area contributed by atoms with Crippen molar-refractivity contribution in [3.8, 4) is 0 Å². The molecule has 1 amide bonds.